The highest BCUT2D eigenvalue weighted by atomic mass is 16.3. The highest BCUT2D eigenvalue weighted by molar-refractivity contribution is 5.34. The lowest BCUT2D eigenvalue weighted by atomic mass is 9.72. The van der Waals surface area contributed by atoms with Gasteiger partial charge in [-0.15, -0.1) is 0 Å². The number of aliphatic hydroxyl groups excluding tert-OH is 2. The van der Waals surface area contributed by atoms with Gasteiger partial charge in [0.05, 0.1) is 41.2 Å². The Balaban J connectivity index is 0.000000181. The van der Waals surface area contributed by atoms with Crippen LogP contribution in [0.25, 0.3) is 0 Å². The first-order valence-electron chi connectivity index (χ1n) is 34.4. The second-order valence-electron chi connectivity index (χ2n) is 27.5. The van der Waals surface area contributed by atoms with Gasteiger partial charge in [0.25, 0.3) is 0 Å². The number of aromatic hydroxyl groups is 3. The summed E-state index contributed by atoms with van der Waals surface area (Å²) in [6, 6.07) is 37.3. The van der Waals surface area contributed by atoms with Gasteiger partial charge in [0.2, 0.25) is 0 Å². The first-order chi connectivity index (χ1) is 43.7. The maximum absolute atomic E-state index is 11.0. The minimum absolute atomic E-state index is 0.00513. The molecule has 91 heavy (non-hydrogen) atoms. The van der Waals surface area contributed by atoms with Crippen molar-refractivity contribution in [1.29, 1.82) is 0 Å². The van der Waals surface area contributed by atoms with E-state index in [9.17, 15) is 40.9 Å². The molecule has 0 aliphatic heterocycles. The van der Waals surface area contributed by atoms with Crippen molar-refractivity contribution in [3.8, 4) is 17.2 Å². The minimum Gasteiger partial charge on any atom is -0.508 e. The number of nitrogens with one attached hydrogen (secondary N) is 2. The Morgan fingerprint density at radius 3 is 0.769 bits per heavy atom. The molecule has 5 aliphatic rings. The zero-order chi connectivity index (χ0) is 65.9. The van der Waals surface area contributed by atoms with Gasteiger partial charge in [-0.2, -0.15) is 0 Å². The van der Waals surface area contributed by atoms with Crippen LogP contribution in [-0.2, 0) is 13.2 Å². The molecule has 5 aromatic carbocycles. The lowest BCUT2D eigenvalue weighted by molar-refractivity contribution is -0.0278. The van der Waals surface area contributed by atoms with Gasteiger partial charge in [-0.1, -0.05) is 181 Å². The van der Waals surface area contributed by atoms with Crippen molar-refractivity contribution in [3.63, 3.8) is 0 Å². The summed E-state index contributed by atoms with van der Waals surface area (Å²) in [5.41, 5.74) is 15.9. The van der Waals surface area contributed by atoms with Gasteiger partial charge in [0.15, 0.2) is 0 Å². The highest BCUT2D eigenvalue weighted by Crippen LogP contribution is 2.45. The third-order valence-corrected chi connectivity index (χ3v) is 20.7. The largest absolute Gasteiger partial charge is 0.508 e. The Bertz CT molecular complexity index is 2750. The number of hydrogen-bond acceptors (Lipinski definition) is 15. The second kappa shape index (κ2) is 37.2. The summed E-state index contributed by atoms with van der Waals surface area (Å²) in [6.07, 6.45) is 25.7. The van der Waals surface area contributed by atoms with Crippen LogP contribution in [-0.4, -0.2) is 145 Å². The summed E-state index contributed by atoms with van der Waals surface area (Å²) >= 11 is 0. The molecule has 0 bridgehead atoms. The van der Waals surface area contributed by atoms with Gasteiger partial charge in [0, 0.05) is 62.3 Å². The van der Waals surface area contributed by atoms with Crippen molar-refractivity contribution in [2.75, 3.05) is 60.9 Å². The molecule has 506 valence electrons. The van der Waals surface area contributed by atoms with Crippen LogP contribution in [0.5, 0.6) is 17.2 Å². The molecule has 16 N–H and O–H groups in total. The maximum atomic E-state index is 11.0. The molecule has 5 aromatic rings. The van der Waals surface area contributed by atoms with Crippen LogP contribution >= 0.6 is 0 Å². The SMILES string of the molecule is CN(C)CC(c1ccc(O)cc1)C1(O)CCCCC1.CNCC(c1ccc(CO)cc1)C1(O)CCCCC1.CNCC(c1ccc(O)cc1)C1(O)CCCCC1.NCC(c1ccc(CO)cc1)C1(O)CCCCC1.NCC(c1ccc(O)cc1)C1(O)CCCCC1. The molecule has 0 radical (unpaired) electrons. The molecular formula is C76H117N5O10. The zero-order valence-electron chi connectivity index (χ0n) is 55.6. The minimum atomic E-state index is -0.663. The predicted molar refractivity (Wildman–Crippen MR) is 367 cm³/mol. The third kappa shape index (κ3) is 22.0. The van der Waals surface area contributed by atoms with E-state index in [-0.39, 0.29) is 60.1 Å². The van der Waals surface area contributed by atoms with Gasteiger partial charge in [0.1, 0.15) is 17.2 Å². The van der Waals surface area contributed by atoms with Gasteiger partial charge < -0.3 is 78.1 Å². The van der Waals surface area contributed by atoms with Crippen LogP contribution in [0.15, 0.2) is 121 Å². The Hall–Kier alpha value is -4.98. The molecule has 15 nitrogen and oxygen atoms in total. The summed E-state index contributed by atoms with van der Waals surface area (Å²) in [6.45, 7) is 3.42. The molecule has 15 heteroatoms. The molecule has 5 unspecified atom stereocenters. The quantitative estimate of drug-likeness (QED) is 0.0345. The van der Waals surface area contributed by atoms with Crippen LogP contribution in [0.2, 0.25) is 0 Å². The smallest absolute Gasteiger partial charge is 0.115 e. The zero-order valence-corrected chi connectivity index (χ0v) is 55.6. The molecule has 5 atom stereocenters. The van der Waals surface area contributed by atoms with E-state index in [1.54, 1.807) is 36.4 Å². The van der Waals surface area contributed by atoms with Gasteiger partial charge >= 0.3 is 0 Å². The number of hydrogen-bond donors (Lipinski definition) is 14. The molecule has 0 heterocycles. The van der Waals surface area contributed by atoms with E-state index in [4.69, 9.17) is 21.7 Å². The topological polar surface area (TPSA) is 282 Å². The molecule has 0 amide bonds. The predicted octanol–water partition coefficient (Wildman–Crippen LogP) is 11.3. The number of aliphatic hydroxyl groups is 7. The number of likely N-dealkylation sites (N-methyl/N-ethyl adjacent to an activating group) is 3. The molecule has 5 fully saturated rings. The van der Waals surface area contributed by atoms with Crippen LogP contribution in [0.4, 0.5) is 0 Å². The number of phenols is 3. The average Bonchev–Trinajstić information content (AvgIpc) is 1.57. The molecule has 5 aliphatic carbocycles. The Morgan fingerprint density at radius 1 is 0.341 bits per heavy atom. The van der Waals surface area contributed by atoms with Crippen LogP contribution in [0.3, 0.4) is 0 Å². The van der Waals surface area contributed by atoms with Gasteiger partial charge in [-0.05, 0) is 168 Å². The van der Waals surface area contributed by atoms with E-state index in [0.717, 1.165) is 187 Å². The van der Waals surface area contributed by atoms with Crippen molar-refractivity contribution in [2.45, 2.75) is 231 Å². The van der Waals surface area contributed by atoms with E-state index in [2.05, 4.69) is 15.5 Å². The van der Waals surface area contributed by atoms with E-state index >= 15 is 0 Å². The summed E-state index contributed by atoms with van der Waals surface area (Å²) in [4.78, 5) is 2.13. The van der Waals surface area contributed by atoms with Crippen molar-refractivity contribution >= 4 is 0 Å². The molecule has 0 saturated heterocycles. The van der Waals surface area contributed by atoms with Crippen LogP contribution < -0.4 is 22.1 Å². The van der Waals surface area contributed by atoms with E-state index in [0.29, 0.717) is 13.1 Å². The first-order valence-corrected chi connectivity index (χ1v) is 34.4. The summed E-state index contributed by atoms with van der Waals surface area (Å²) < 4.78 is 0. The van der Waals surface area contributed by atoms with Crippen LogP contribution in [0.1, 0.15) is 229 Å². The second-order valence-corrected chi connectivity index (χ2v) is 27.5. The monoisotopic (exact) mass is 1260 g/mol. The fourth-order valence-corrected chi connectivity index (χ4v) is 15.3. The Kier molecular flexibility index (Phi) is 30.7. The van der Waals surface area contributed by atoms with Crippen molar-refractivity contribution in [2.24, 2.45) is 11.5 Å². The van der Waals surface area contributed by atoms with Crippen molar-refractivity contribution in [1.82, 2.24) is 15.5 Å². The molecule has 5 saturated carbocycles. The number of nitrogens with zero attached hydrogens (tertiary/aromatic N) is 1. The number of nitrogens with two attached hydrogens (primary N) is 2. The average molecular weight is 1260 g/mol. The number of phenolic OH excluding ortho intramolecular Hbond substituents is 3. The van der Waals surface area contributed by atoms with E-state index in [1.807, 2.05) is 113 Å². The van der Waals surface area contributed by atoms with Gasteiger partial charge in [-0.3, -0.25) is 0 Å². The Morgan fingerprint density at radius 2 is 0.549 bits per heavy atom. The number of benzene rings is 5. The van der Waals surface area contributed by atoms with Crippen molar-refractivity contribution in [3.05, 3.63) is 160 Å². The molecule has 0 spiro atoms. The van der Waals surface area contributed by atoms with E-state index < -0.39 is 28.0 Å². The van der Waals surface area contributed by atoms with Crippen molar-refractivity contribution < 1.29 is 51.1 Å². The molecular weight excluding hydrogens is 1140 g/mol. The summed E-state index contributed by atoms with van der Waals surface area (Å²) in [5, 5.41) is 107. The highest BCUT2D eigenvalue weighted by Gasteiger charge is 2.42. The first kappa shape index (κ1) is 75.1. The molecule has 10 rings (SSSR count). The standard InChI is InChI=1S/2C16H25NO2.2C15H23NO2.C14H21NO2/c1-17(2)12-15(13-6-8-14(18)9-7-13)16(19)10-4-3-5-11-16;1-17-11-15(16(19)9-3-2-4-10-16)14-7-5-13(12-18)6-8-14;1-16-11-14(12-5-7-13(17)8-6-12)15(18)9-3-2-4-10-15;16-10-14(15(18)8-2-1-3-9-15)13-6-4-12(11-17)5-7-13;15-10-13(11-4-6-12(16)7-5-11)14(17)8-2-1-3-9-14/h6-9,15,18-19H,3-5,10-12H2,1-2H3;5-8,15,17-19H,2-4,9-12H2,1H3;5-8,14,16-18H,2-4,9-11H2,1H3;4-7,14,17-18H,1-3,8-11,16H2;4-7,13,16-17H,1-3,8-10,15H2. The summed E-state index contributed by atoms with van der Waals surface area (Å²) in [7, 11) is 7.93. The maximum Gasteiger partial charge on any atom is 0.115 e. The molecule has 0 aromatic heterocycles. The fraction of sp³-hybridized carbons (Fsp3) is 0.605. The van der Waals surface area contributed by atoms with Gasteiger partial charge in [-0.25, -0.2) is 0 Å². The summed E-state index contributed by atoms with van der Waals surface area (Å²) in [5.74, 6) is 1.13. The lowest BCUT2D eigenvalue weighted by Gasteiger charge is -2.40. The lowest BCUT2D eigenvalue weighted by Crippen LogP contribution is -2.42. The normalized spacial score (nSPS) is 20.5. The fourth-order valence-electron chi connectivity index (χ4n) is 15.3. The third-order valence-electron chi connectivity index (χ3n) is 20.7. The van der Waals surface area contributed by atoms with E-state index in [1.165, 1.54) is 32.1 Å². The van der Waals surface area contributed by atoms with Crippen LogP contribution in [0, 0.1) is 0 Å². The number of rotatable bonds is 20. The Labute approximate surface area is 545 Å².